The first-order chi connectivity index (χ1) is 15.3. The Hall–Kier alpha value is -3.67. The Morgan fingerprint density at radius 2 is 1.84 bits per heavy atom. The Bertz CT molecular complexity index is 1190. The summed E-state index contributed by atoms with van der Waals surface area (Å²) >= 11 is 0. The highest BCUT2D eigenvalue weighted by Crippen LogP contribution is 2.40. The molecule has 4 rings (SSSR count). The summed E-state index contributed by atoms with van der Waals surface area (Å²) in [5.74, 6) is -1.41. The lowest BCUT2D eigenvalue weighted by Crippen LogP contribution is -2.29. The number of hydrogen-bond acceptors (Lipinski definition) is 4. The third-order valence-corrected chi connectivity index (χ3v) is 5.80. The summed E-state index contributed by atoms with van der Waals surface area (Å²) < 4.78 is 19.2. The quantitative estimate of drug-likeness (QED) is 0.329. The monoisotopic (exact) mass is 433 g/mol. The SMILES string of the molecule is Cc1cc(/C(O)=C2/C(=O)C(=O)N(Cc3ccco3)C2c2ccc(C(C)C)cc2)ccc1F. The van der Waals surface area contributed by atoms with Crippen molar-refractivity contribution in [1.82, 2.24) is 4.90 Å². The van der Waals surface area contributed by atoms with Crippen LogP contribution in [-0.4, -0.2) is 21.7 Å². The molecule has 0 bridgehead atoms. The van der Waals surface area contributed by atoms with E-state index in [1.807, 2.05) is 24.3 Å². The second kappa shape index (κ2) is 8.46. The van der Waals surface area contributed by atoms with Crippen molar-refractivity contribution in [3.05, 3.63) is 100 Å². The van der Waals surface area contributed by atoms with Crippen LogP contribution >= 0.6 is 0 Å². The van der Waals surface area contributed by atoms with E-state index < -0.39 is 23.5 Å². The predicted octanol–water partition coefficient (Wildman–Crippen LogP) is 5.47. The summed E-state index contributed by atoms with van der Waals surface area (Å²) in [5.41, 5.74) is 2.40. The Morgan fingerprint density at radius 3 is 2.44 bits per heavy atom. The summed E-state index contributed by atoms with van der Waals surface area (Å²) in [7, 11) is 0. The summed E-state index contributed by atoms with van der Waals surface area (Å²) in [4.78, 5) is 27.4. The van der Waals surface area contributed by atoms with Crippen LogP contribution in [0.5, 0.6) is 0 Å². The van der Waals surface area contributed by atoms with Crippen molar-refractivity contribution in [3.63, 3.8) is 0 Å². The Balaban J connectivity index is 1.86. The number of ketones is 1. The minimum Gasteiger partial charge on any atom is -0.507 e. The highest BCUT2D eigenvalue weighted by molar-refractivity contribution is 6.46. The molecule has 1 unspecified atom stereocenters. The minimum absolute atomic E-state index is 0.0233. The van der Waals surface area contributed by atoms with Gasteiger partial charge in [-0.3, -0.25) is 9.59 Å². The van der Waals surface area contributed by atoms with Crippen LogP contribution in [0.3, 0.4) is 0 Å². The number of furan rings is 1. The van der Waals surface area contributed by atoms with E-state index in [1.165, 1.54) is 29.4 Å². The van der Waals surface area contributed by atoms with Crippen LogP contribution < -0.4 is 0 Å². The molecular weight excluding hydrogens is 409 g/mol. The lowest BCUT2D eigenvalue weighted by Gasteiger charge is -2.25. The molecule has 5 nitrogen and oxygen atoms in total. The van der Waals surface area contributed by atoms with Gasteiger partial charge in [-0.1, -0.05) is 38.1 Å². The van der Waals surface area contributed by atoms with Crippen molar-refractivity contribution < 1.29 is 23.5 Å². The van der Waals surface area contributed by atoms with Gasteiger partial charge < -0.3 is 14.4 Å². The molecule has 3 aromatic rings. The summed E-state index contributed by atoms with van der Waals surface area (Å²) in [5, 5.41) is 11.1. The first kappa shape index (κ1) is 21.6. The molecule has 1 fully saturated rings. The van der Waals surface area contributed by atoms with Gasteiger partial charge in [0, 0.05) is 5.56 Å². The van der Waals surface area contributed by atoms with Crippen LogP contribution in [0.15, 0.2) is 70.9 Å². The predicted molar refractivity (Wildman–Crippen MR) is 118 cm³/mol. The first-order valence-electron chi connectivity index (χ1n) is 10.4. The number of aliphatic hydroxyl groups excluding tert-OH is 1. The van der Waals surface area contributed by atoms with Crippen LogP contribution in [0.25, 0.3) is 5.76 Å². The van der Waals surface area contributed by atoms with Gasteiger partial charge >= 0.3 is 0 Å². The van der Waals surface area contributed by atoms with Crippen molar-refractivity contribution in [3.8, 4) is 0 Å². The van der Waals surface area contributed by atoms with E-state index in [2.05, 4.69) is 13.8 Å². The van der Waals surface area contributed by atoms with E-state index in [1.54, 1.807) is 19.1 Å². The highest BCUT2D eigenvalue weighted by atomic mass is 19.1. The molecule has 0 aliphatic carbocycles. The number of nitrogens with zero attached hydrogens (tertiary/aromatic N) is 1. The van der Waals surface area contributed by atoms with E-state index in [9.17, 15) is 19.1 Å². The van der Waals surface area contributed by atoms with Crippen molar-refractivity contribution >= 4 is 17.4 Å². The Labute approximate surface area is 185 Å². The van der Waals surface area contributed by atoms with Crippen molar-refractivity contribution in [1.29, 1.82) is 0 Å². The molecule has 1 aliphatic rings. The van der Waals surface area contributed by atoms with E-state index >= 15 is 0 Å². The zero-order valence-corrected chi connectivity index (χ0v) is 18.1. The molecule has 1 amide bonds. The van der Waals surface area contributed by atoms with Gasteiger partial charge in [0.1, 0.15) is 17.3 Å². The molecule has 0 saturated carbocycles. The zero-order valence-electron chi connectivity index (χ0n) is 18.1. The van der Waals surface area contributed by atoms with Gasteiger partial charge in [0.2, 0.25) is 0 Å². The average molecular weight is 433 g/mol. The van der Waals surface area contributed by atoms with Gasteiger partial charge in [0.15, 0.2) is 0 Å². The number of amides is 1. The third kappa shape index (κ3) is 3.84. The fraction of sp³-hybridized carbons (Fsp3) is 0.231. The lowest BCUT2D eigenvalue weighted by molar-refractivity contribution is -0.140. The number of benzene rings is 2. The number of likely N-dealkylation sites (tertiary alicyclic amines) is 1. The number of carbonyl (C=O) groups excluding carboxylic acids is 2. The molecule has 1 N–H and O–H groups in total. The Morgan fingerprint density at radius 1 is 1.12 bits per heavy atom. The second-order valence-electron chi connectivity index (χ2n) is 8.29. The maximum absolute atomic E-state index is 13.8. The second-order valence-corrected chi connectivity index (χ2v) is 8.29. The number of halogens is 1. The van der Waals surface area contributed by atoms with Crippen LogP contribution in [0.1, 0.15) is 53.8 Å². The number of aliphatic hydroxyl groups is 1. The lowest BCUT2D eigenvalue weighted by atomic mass is 9.93. The van der Waals surface area contributed by atoms with Crippen LogP contribution in [-0.2, 0) is 16.1 Å². The standard InChI is InChI=1S/C26H24FNO4/c1-15(2)17-6-8-18(9-7-17)23-22(24(29)19-10-11-21(27)16(3)13-19)25(30)26(31)28(23)14-20-5-4-12-32-20/h4-13,15,23,29H,14H2,1-3H3/b24-22-. The minimum atomic E-state index is -0.799. The molecule has 1 aromatic heterocycles. The normalized spacial score (nSPS) is 18.0. The largest absolute Gasteiger partial charge is 0.507 e. The molecule has 1 saturated heterocycles. The fourth-order valence-electron chi connectivity index (χ4n) is 3.97. The molecular formula is C26H24FNO4. The molecule has 0 radical (unpaired) electrons. The van der Waals surface area contributed by atoms with Gasteiger partial charge in [-0.2, -0.15) is 0 Å². The molecule has 32 heavy (non-hydrogen) atoms. The first-order valence-corrected chi connectivity index (χ1v) is 10.4. The molecule has 1 atom stereocenters. The zero-order chi connectivity index (χ0) is 23.0. The number of rotatable bonds is 5. The number of hydrogen-bond donors (Lipinski definition) is 1. The van der Waals surface area contributed by atoms with Gasteiger partial charge in [-0.25, -0.2) is 4.39 Å². The summed E-state index contributed by atoms with van der Waals surface area (Å²) in [6.07, 6.45) is 1.50. The number of Topliss-reactive ketones (excluding diaryl/α,β-unsaturated/α-hetero) is 1. The maximum Gasteiger partial charge on any atom is 0.296 e. The maximum atomic E-state index is 13.8. The summed E-state index contributed by atoms with van der Waals surface area (Å²) in [6.45, 7) is 5.81. The smallest absolute Gasteiger partial charge is 0.296 e. The molecule has 6 heteroatoms. The van der Waals surface area contributed by atoms with Gasteiger partial charge in [-0.15, -0.1) is 0 Å². The fourth-order valence-corrected chi connectivity index (χ4v) is 3.97. The highest BCUT2D eigenvalue weighted by Gasteiger charge is 2.46. The molecule has 0 spiro atoms. The Kier molecular flexibility index (Phi) is 5.70. The van der Waals surface area contributed by atoms with E-state index in [0.717, 1.165) is 5.56 Å². The van der Waals surface area contributed by atoms with Crippen molar-refractivity contribution in [2.75, 3.05) is 0 Å². The number of aryl methyl sites for hydroxylation is 1. The van der Waals surface area contributed by atoms with Gasteiger partial charge in [0.05, 0.1) is 24.4 Å². The van der Waals surface area contributed by atoms with Crippen LogP contribution in [0.4, 0.5) is 4.39 Å². The number of carbonyl (C=O) groups is 2. The van der Waals surface area contributed by atoms with Crippen molar-refractivity contribution in [2.45, 2.75) is 39.3 Å². The van der Waals surface area contributed by atoms with Gasteiger partial charge in [-0.05, 0) is 59.9 Å². The molecule has 164 valence electrons. The topological polar surface area (TPSA) is 70.8 Å². The summed E-state index contributed by atoms with van der Waals surface area (Å²) in [6, 6.07) is 14.4. The average Bonchev–Trinajstić information content (AvgIpc) is 3.37. The third-order valence-electron chi connectivity index (χ3n) is 5.80. The van der Waals surface area contributed by atoms with Crippen LogP contribution in [0.2, 0.25) is 0 Å². The van der Waals surface area contributed by atoms with Crippen molar-refractivity contribution in [2.24, 2.45) is 0 Å². The molecule has 1 aliphatic heterocycles. The van der Waals surface area contributed by atoms with Crippen LogP contribution in [0, 0.1) is 12.7 Å². The van der Waals surface area contributed by atoms with E-state index in [4.69, 9.17) is 4.42 Å². The van der Waals surface area contributed by atoms with Gasteiger partial charge in [0.25, 0.3) is 11.7 Å². The van der Waals surface area contributed by atoms with E-state index in [0.29, 0.717) is 22.8 Å². The molecule has 2 heterocycles. The van der Waals surface area contributed by atoms with E-state index in [-0.39, 0.29) is 23.4 Å². The molecule has 2 aromatic carbocycles.